The molecule has 130 valence electrons. The molecule has 0 heterocycles. The molecule has 0 aromatic heterocycles. The van der Waals surface area contributed by atoms with Crippen molar-refractivity contribution in [2.45, 2.75) is 19.3 Å². The van der Waals surface area contributed by atoms with Crippen molar-refractivity contribution < 1.29 is 8.76 Å². The van der Waals surface area contributed by atoms with Crippen LogP contribution in [0.3, 0.4) is 0 Å². The third-order valence-electron chi connectivity index (χ3n) is 3.75. The summed E-state index contributed by atoms with van der Waals surface area (Å²) < 4.78 is 27.1. The lowest BCUT2D eigenvalue weighted by molar-refractivity contribution is 0.542. The van der Waals surface area contributed by atoms with Gasteiger partial charge in [-0.05, 0) is 99.1 Å². The molecule has 4 nitrogen and oxygen atoms in total. The molecule has 24 heavy (non-hydrogen) atoms. The number of nitrogens with one attached hydrogen (secondary N) is 1. The van der Waals surface area contributed by atoms with Gasteiger partial charge in [-0.2, -0.15) is 0 Å². The van der Waals surface area contributed by atoms with Crippen molar-refractivity contribution >= 4 is 86.4 Å². The first-order chi connectivity index (χ1) is 11.0. The Balaban J connectivity index is 2.56. The Morgan fingerprint density at radius 2 is 1.33 bits per heavy atom. The summed E-state index contributed by atoms with van der Waals surface area (Å²) in [5.41, 5.74) is 8.81. The van der Waals surface area contributed by atoms with Crippen molar-refractivity contribution in [1.29, 1.82) is 0 Å². The maximum absolute atomic E-state index is 10.9. The van der Waals surface area contributed by atoms with Gasteiger partial charge in [0.25, 0.3) is 0 Å². The second-order valence-corrected chi connectivity index (χ2v) is 9.72. The van der Waals surface area contributed by atoms with Crippen LogP contribution in [0.1, 0.15) is 25.0 Å². The Bertz CT molecular complexity index is 781. The summed E-state index contributed by atoms with van der Waals surface area (Å²) >= 11 is 11.4. The van der Waals surface area contributed by atoms with Crippen LogP contribution in [0.25, 0.3) is 0 Å². The molecule has 2 rings (SSSR count). The molecule has 1 unspecified atom stereocenters. The van der Waals surface area contributed by atoms with Crippen LogP contribution in [0.15, 0.2) is 42.2 Å². The molecule has 0 aliphatic heterocycles. The first-order valence-corrected chi connectivity index (χ1v) is 10.9. The summed E-state index contributed by atoms with van der Waals surface area (Å²) in [4.78, 5) is 0. The first kappa shape index (κ1) is 20.4. The summed E-state index contributed by atoms with van der Waals surface area (Å²) in [7, 11) is 0. The van der Waals surface area contributed by atoms with E-state index in [-0.39, 0.29) is 5.41 Å². The SMILES string of the molecule is CC(C)(c1cc(Br)c(N)c(Br)c1)c1cc(Br)c(NS(=O)[O-])c(Br)c1. The van der Waals surface area contributed by atoms with Crippen LogP contribution in [-0.2, 0) is 16.7 Å². The highest BCUT2D eigenvalue weighted by Gasteiger charge is 2.26. The number of hydrogen-bond donors (Lipinski definition) is 2. The van der Waals surface area contributed by atoms with E-state index in [4.69, 9.17) is 5.73 Å². The van der Waals surface area contributed by atoms with Crippen LogP contribution in [0, 0.1) is 0 Å². The molecule has 0 saturated heterocycles. The zero-order valence-electron chi connectivity index (χ0n) is 12.6. The maximum atomic E-state index is 10.9. The fraction of sp³-hybridized carbons (Fsp3) is 0.200. The molecular formula is C15H13Br4N2O2S-. The zero-order chi connectivity index (χ0) is 18.2. The first-order valence-electron chi connectivity index (χ1n) is 6.64. The molecule has 0 aliphatic rings. The molecule has 3 N–H and O–H groups in total. The molecule has 9 heteroatoms. The molecule has 0 bridgehead atoms. The quantitative estimate of drug-likeness (QED) is 0.340. The number of anilines is 2. The number of benzene rings is 2. The number of nitrogens with two attached hydrogens (primary N) is 1. The average molecular weight is 605 g/mol. The third-order valence-corrected chi connectivity index (χ3v) is 6.68. The number of hydrogen-bond acceptors (Lipinski definition) is 3. The van der Waals surface area contributed by atoms with E-state index in [1.54, 1.807) is 0 Å². The zero-order valence-corrected chi connectivity index (χ0v) is 19.8. The van der Waals surface area contributed by atoms with Crippen molar-refractivity contribution in [3.05, 3.63) is 53.3 Å². The Morgan fingerprint density at radius 3 is 1.71 bits per heavy atom. The van der Waals surface area contributed by atoms with Crippen molar-refractivity contribution in [3.8, 4) is 0 Å². The predicted octanol–water partition coefficient (Wildman–Crippen LogP) is 5.85. The van der Waals surface area contributed by atoms with Crippen LogP contribution >= 0.6 is 63.7 Å². The molecule has 1 atom stereocenters. The molecule has 2 aromatic rings. The van der Waals surface area contributed by atoms with E-state index in [2.05, 4.69) is 82.3 Å². The van der Waals surface area contributed by atoms with Crippen LogP contribution in [0.5, 0.6) is 0 Å². The highest BCUT2D eigenvalue weighted by Crippen LogP contribution is 2.42. The van der Waals surface area contributed by atoms with Crippen molar-refractivity contribution in [3.63, 3.8) is 0 Å². The lowest BCUT2D eigenvalue weighted by Crippen LogP contribution is -2.20. The van der Waals surface area contributed by atoms with Gasteiger partial charge in [-0.1, -0.05) is 13.8 Å². The van der Waals surface area contributed by atoms with E-state index >= 15 is 0 Å². The van der Waals surface area contributed by atoms with Gasteiger partial charge in [0, 0.05) is 34.6 Å². The minimum absolute atomic E-state index is 0.334. The summed E-state index contributed by atoms with van der Waals surface area (Å²) in [5.74, 6) is 0. The second-order valence-electron chi connectivity index (χ2n) is 5.63. The maximum Gasteiger partial charge on any atom is 0.0738 e. The minimum atomic E-state index is -2.40. The normalized spacial score (nSPS) is 13.0. The topological polar surface area (TPSA) is 78.2 Å². The smallest absolute Gasteiger partial charge is 0.0738 e. The summed E-state index contributed by atoms with van der Waals surface area (Å²) in [6.07, 6.45) is 0. The Morgan fingerprint density at radius 1 is 0.958 bits per heavy atom. The Kier molecular flexibility index (Phi) is 6.58. The number of rotatable bonds is 4. The fourth-order valence-corrected chi connectivity index (χ4v) is 5.45. The fourth-order valence-electron chi connectivity index (χ4n) is 2.23. The summed E-state index contributed by atoms with van der Waals surface area (Å²) in [6, 6.07) is 7.78. The van der Waals surface area contributed by atoms with Crippen LogP contribution in [0.2, 0.25) is 0 Å². The molecule has 0 saturated carbocycles. The number of nitrogen functional groups attached to an aromatic ring is 1. The van der Waals surface area contributed by atoms with Gasteiger partial charge in [0.1, 0.15) is 0 Å². The third kappa shape index (κ3) is 4.24. The van der Waals surface area contributed by atoms with Crippen molar-refractivity contribution in [1.82, 2.24) is 0 Å². The van der Waals surface area contributed by atoms with Crippen molar-refractivity contribution in [2.75, 3.05) is 10.5 Å². The van der Waals surface area contributed by atoms with Crippen LogP contribution in [-0.4, -0.2) is 8.76 Å². The minimum Gasteiger partial charge on any atom is -0.755 e. The van der Waals surface area contributed by atoms with E-state index < -0.39 is 11.3 Å². The molecule has 0 radical (unpaired) electrons. The standard InChI is InChI=1S/C15H14Br4N2O2S/c1-15(2,7-3-9(16)13(20)10(17)4-7)8-5-11(18)14(12(19)6-8)21-24(22)23/h3-6,21H,20H2,1-2H3,(H,22,23)/p-1. The summed E-state index contributed by atoms with van der Waals surface area (Å²) in [5, 5.41) is 0. The van der Waals surface area contributed by atoms with Gasteiger partial charge in [0.05, 0.1) is 11.4 Å². The lowest BCUT2D eigenvalue weighted by atomic mass is 9.78. The van der Waals surface area contributed by atoms with Crippen molar-refractivity contribution in [2.24, 2.45) is 0 Å². The molecule has 0 fully saturated rings. The van der Waals surface area contributed by atoms with Gasteiger partial charge in [0.15, 0.2) is 0 Å². The van der Waals surface area contributed by atoms with E-state index in [1.807, 2.05) is 24.3 Å². The van der Waals surface area contributed by atoms with Gasteiger partial charge in [-0.15, -0.1) is 0 Å². The van der Waals surface area contributed by atoms with Crippen LogP contribution in [0.4, 0.5) is 11.4 Å². The predicted molar refractivity (Wildman–Crippen MR) is 113 cm³/mol. The van der Waals surface area contributed by atoms with Gasteiger partial charge in [-0.3, -0.25) is 4.21 Å². The van der Waals surface area contributed by atoms with Crippen LogP contribution < -0.4 is 10.5 Å². The Labute approximate surface area is 176 Å². The Hall–Kier alpha value is 0.0700. The molecule has 0 spiro atoms. The largest absolute Gasteiger partial charge is 0.755 e. The molecular weight excluding hydrogens is 592 g/mol. The molecule has 0 aliphatic carbocycles. The highest BCUT2D eigenvalue weighted by atomic mass is 79.9. The molecule has 0 amide bonds. The molecule has 2 aromatic carbocycles. The monoisotopic (exact) mass is 601 g/mol. The van der Waals surface area contributed by atoms with E-state index in [0.717, 1.165) is 20.1 Å². The van der Waals surface area contributed by atoms with Gasteiger partial charge in [0.2, 0.25) is 0 Å². The number of halogens is 4. The van der Waals surface area contributed by atoms with Gasteiger partial charge < -0.3 is 15.0 Å². The average Bonchev–Trinajstić information content (AvgIpc) is 2.47. The lowest BCUT2D eigenvalue weighted by Gasteiger charge is -2.28. The van der Waals surface area contributed by atoms with E-state index in [1.165, 1.54) is 0 Å². The highest BCUT2D eigenvalue weighted by molar-refractivity contribution is 9.11. The second kappa shape index (κ2) is 7.75. The van der Waals surface area contributed by atoms with E-state index in [0.29, 0.717) is 20.3 Å². The van der Waals surface area contributed by atoms with Gasteiger partial charge in [-0.25, -0.2) is 0 Å². The summed E-state index contributed by atoms with van der Waals surface area (Å²) in [6.45, 7) is 4.18. The van der Waals surface area contributed by atoms with E-state index in [9.17, 15) is 8.76 Å². The van der Waals surface area contributed by atoms with Gasteiger partial charge >= 0.3 is 0 Å².